The molecule has 2 aliphatic heterocycles. The van der Waals surface area contributed by atoms with Crippen molar-refractivity contribution in [2.45, 2.75) is 62.8 Å². The number of rotatable bonds is 3. The molecule has 1 aromatic rings. The number of aromatic nitrogens is 3. The number of nitrogens with one attached hydrogen (secondary N) is 1. The lowest BCUT2D eigenvalue weighted by Crippen LogP contribution is -2.58. The fourth-order valence-electron chi connectivity index (χ4n) is 4.86. The average Bonchev–Trinajstić information content (AvgIpc) is 3.36. The normalized spacial score (nSPS) is 28.3. The maximum absolute atomic E-state index is 13.5. The van der Waals surface area contributed by atoms with Crippen LogP contribution in [0.4, 0.5) is 0 Å². The van der Waals surface area contributed by atoms with Gasteiger partial charge < -0.3 is 4.90 Å². The van der Waals surface area contributed by atoms with Crippen LogP contribution in [0.5, 0.6) is 0 Å². The van der Waals surface area contributed by atoms with E-state index in [1.165, 1.54) is 25.7 Å². The van der Waals surface area contributed by atoms with Crippen molar-refractivity contribution >= 4 is 5.91 Å². The fraction of sp³-hybridized carbons (Fsp3) is 0.824. The minimum Gasteiger partial charge on any atom is -0.340 e. The van der Waals surface area contributed by atoms with Crippen LogP contribution in [0.15, 0.2) is 6.33 Å². The average molecular weight is 317 g/mol. The third kappa shape index (κ3) is 2.67. The number of aromatic amines is 1. The Labute approximate surface area is 137 Å². The van der Waals surface area contributed by atoms with Crippen molar-refractivity contribution < 1.29 is 4.79 Å². The van der Waals surface area contributed by atoms with Gasteiger partial charge in [0.25, 0.3) is 0 Å². The number of carbonyl (C=O) groups excluding carboxylic acids is 1. The molecule has 1 N–H and O–H groups in total. The second kappa shape index (κ2) is 6.23. The molecule has 0 unspecified atom stereocenters. The summed E-state index contributed by atoms with van der Waals surface area (Å²) in [7, 11) is 0. The molecule has 1 atom stereocenters. The van der Waals surface area contributed by atoms with Crippen LogP contribution in [0.25, 0.3) is 0 Å². The molecule has 1 saturated carbocycles. The zero-order valence-electron chi connectivity index (χ0n) is 13.8. The number of amides is 1. The number of hydrogen-bond acceptors (Lipinski definition) is 4. The first-order chi connectivity index (χ1) is 11.3. The smallest absolute Gasteiger partial charge is 0.243 e. The molecule has 1 aliphatic carbocycles. The summed E-state index contributed by atoms with van der Waals surface area (Å²) in [4.78, 5) is 22.4. The van der Waals surface area contributed by atoms with Crippen molar-refractivity contribution in [3.05, 3.63) is 12.2 Å². The van der Waals surface area contributed by atoms with Crippen LogP contribution in [0.3, 0.4) is 0 Å². The van der Waals surface area contributed by atoms with Gasteiger partial charge >= 0.3 is 0 Å². The molecule has 0 aromatic carbocycles. The van der Waals surface area contributed by atoms with Gasteiger partial charge in [0.15, 0.2) is 0 Å². The van der Waals surface area contributed by atoms with E-state index in [4.69, 9.17) is 0 Å². The second-order valence-electron chi connectivity index (χ2n) is 7.39. The first kappa shape index (κ1) is 15.1. The lowest BCUT2D eigenvalue weighted by atomic mass is 9.90. The van der Waals surface area contributed by atoms with Crippen LogP contribution in [-0.2, 0) is 4.79 Å². The molecule has 0 bridgehead atoms. The number of piperidine rings is 1. The van der Waals surface area contributed by atoms with Crippen molar-refractivity contribution in [3.63, 3.8) is 0 Å². The molecule has 3 aliphatic rings. The highest BCUT2D eigenvalue weighted by molar-refractivity contribution is 5.87. The summed E-state index contributed by atoms with van der Waals surface area (Å²) >= 11 is 0. The number of nitrogens with zero attached hydrogens (tertiary/aromatic N) is 4. The number of carbonyl (C=O) groups is 1. The molecule has 1 amide bonds. The second-order valence-corrected chi connectivity index (χ2v) is 7.39. The Bertz CT molecular complexity index is 531. The van der Waals surface area contributed by atoms with E-state index in [9.17, 15) is 4.79 Å². The standard InChI is InChI=1S/C17H27N5O/c23-16(17(7-1-2-8-17)22-10-3-4-11-22)21-9-5-6-14(12-21)15-18-13-19-20-15/h13-14H,1-12H2,(H,18,19,20)/t14-/m1/s1. The summed E-state index contributed by atoms with van der Waals surface area (Å²) in [5.41, 5.74) is -0.195. The molecule has 3 heterocycles. The van der Waals surface area contributed by atoms with Gasteiger partial charge in [0.2, 0.25) is 5.91 Å². The van der Waals surface area contributed by atoms with Crippen LogP contribution in [0.2, 0.25) is 0 Å². The summed E-state index contributed by atoms with van der Waals surface area (Å²) in [6.07, 6.45) is 10.7. The number of hydrogen-bond donors (Lipinski definition) is 1. The van der Waals surface area contributed by atoms with E-state index in [1.54, 1.807) is 6.33 Å². The monoisotopic (exact) mass is 317 g/mol. The molecular weight excluding hydrogens is 290 g/mol. The highest BCUT2D eigenvalue weighted by Crippen LogP contribution is 2.40. The first-order valence-electron chi connectivity index (χ1n) is 9.19. The van der Waals surface area contributed by atoms with Crippen molar-refractivity contribution in [2.75, 3.05) is 26.2 Å². The Balaban J connectivity index is 1.52. The molecule has 4 rings (SSSR count). The molecule has 6 nitrogen and oxygen atoms in total. The van der Waals surface area contributed by atoms with Crippen LogP contribution >= 0.6 is 0 Å². The molecule has 0 spiro atoms. The Morgan fingerprint density at radius 2 is 1.91 bits per heavy atom. The first-order valence-corrected chi connectivity index (χ1v) is 9.19. The van der Waals surface area contributed by atoms with Crippen LogP contribution < -0.4 is 0 Å². The van der Waals surface area contributed by atoms with Crippen molar-refractivity contribution in [3.8, 4) is 0 Å². The summed E-state index contributed by atoms with van der Waals surface area (Å²) in [6.45, 7) is 3.90. The van der Waals surface area contributed by atoms with E-state index in [0.717, 1.165) is 57.7 Å². The summed E-state index contributed by atoms with van der Waals surface area (Å²) in [6, 6.07) is 0. The predicted molar refractivity (Wildman–Crippen MR) is 86.9 cm³/mol. The minimum absolute atomic E-state index is 0.195. The lowest BCUT2D eigenvalue weighted by molar-refractivity contribution is -0.145. The molecule has 23 heavy (non-hydrogen) atoms. The van der Waals surface area contributed by atoms with Gasteiger partial charge in [-0.15, -0.1) is 0 Å². The van der Waals surface area contributed by atoms with E-state index in [-0.39, 0.29) is 5.54 Å². The maximum Gasteiger partial charge on any atom is 0.243 e. The summed E-state index contributed by atoms with van der Waals surface area (Å²) < 4.78 is 0. The van der Waals surface area contributed by atoms with Crippen molar-refractivity contribution in [1.29, 1.82) is 0 Å². The largest absolute Gasteiger partial charge is 0.340 e. The van der Waals surface area contributed by atoms with Gasteiger partial charge in [-0.3, -0.25) is 14.8 Å². The predicted octanol–water partition coefficient (Wildman–Crippen LogP) is 1.92. The molecule has 0 radical (unpaired) electrons. The minimum atomic E-state index is -0.195. The van der Waals surface area contributed by atoms with E-state index in [1.807, 2.05) is 0 Å². The van der Waals surface area contributed by atoms with Gasteiger partial charge in [-0.25, -0.2) is 4.98 Å². The van der Waals surface area contributed by atoms with Crippen molar-refractivity contribution in [2.24, 2.45) is 0 Å². The van der Waals surface area contributed by atoms with E-state index < -0.39 is 0 Å². The topological polar surface area (TPSA) is 65.1 Å². The Morgan fingerprint density at radius 3 is 2.61 bits per heavy atom. The lowest BCUT2D eigenvalue weighted by Gasteiger charge is -2.43. The SMILES string of the molecule is O=C(N1CCC[C@@H](c2ncn[nH]2)C1)C1(N2CCCC2)CCCC1. The van der Waals surface area contributed by atoms with Crippen LogP contribution in [0, 0.1) is 0 Å². The maximum atomic E-state index is 13.5. The quantitative estimate of drug-likeness (QED) is 0.925. The molecule has 2 saturated heterocycles. The van der Waals surface area contributed by atoms with Gasteiger partial charge in [0.1, 0.15) is 17.7 Å². The van der Waals surface area contributed by atoms with Gasteiger partial charge in [-0.05, 0) is 51.6 Å². The summed E-state index contributed by atoms with van der Waals surface area (Å²) in [5, 5.41) is 6.96. The van der Waals surface area contributed by atoms with Gasteiger partial charge in [0.05, 0.1) is 0 Å². The highest BCUT2D eigenvalue weighted by Gasteiger charge is 2.49. The van der Waals surface area contributed by atoms with Gasteiger partial charge in [0, 0.05) is 19.0 Å². The highest BCUT2D eigenvalue weighted by atomic mass is 16.2. The van der Waals surface area contributed by atoms with Crippen LogP contribution in [-0.4, -0.2) is 62.6 Å². The Kier molecular flexibility index (Phi) is 4.09. The zero-order chi connectivity index (χ0) is 15.7. The molecule has 3 fully saturated rings. The van der Waals surface area contributed by atoms with E-state index in [2.05, 4.69) is 25.0 Å². The summed E-state index contributed by atoms with van der Waals surface area (Å²) in [5.74, 6) is 1.64. The molecule has 126 valence electrons. The van der Waals surface area contributed by atoms with E-state index >= 15 is 0 Å². The number of H-pyrrole nitrogens is 1. The molecule has 6 heteroatoms. The molecule has 1 aromatic heterocycles. The third-order valence-electron chi connectivity index (χ3n) is 6.07. The zero-order valence-corrected chi connectivity index (χ0v) is 13.8. The third-order valence-corrected chi connectivity index (χ3v) is 6.07. The van der Waals surface area contributed by atoms with Gasteiger partial charge in [-0.2, -0.15) is 5.10 Å². The van der Waals surface area contributed by atoms with E-state index in [0.29, 0.717) is 11.8 Å². The fourth-order valence-corrected chi connectivity index (χ4v) is 4.86. The molecular formula is C17H27N5O. The van der Waals surface area contributed by atoms with Gasteiger partial charge in [-0.1, -0.05) is 12.8 Å². The number of likely N-dealkylation sites (tertiary alicyclic amines) is 2. The van der Waals surface area contributed by atoms with Crippen molar-refractivity contribution in [1.82, 2.24) is 25.0 Å². The Morgan fingerprint density at radius 1 is 1.13 bits per heavy atom. The van der Waals surface area contributed by atoms with Crippen LogP contribution in [0.1, 0.15) is 63.1 Å². The Hall–Kier alpha value is -1.43.